The zero-order valence-electron chi connectivity index (χ0n) is 18.5. The van der Waals surface area contributed by atoms with E-state index in [2.05, 4.69) is 5.32 Å². The van der Waals surface area contributed by atoms with E-state index in [1.54, 1.807) is 55.6 Å². The Kier molecular flexibility index (Phi) is 8.56. The van der Waals surface area contributed by atoms with Gasteiger partial charge in [-0.2, -0.15) is 0 Å². The lowest BCUT2D eigenvalue weighted by molar-refractivity contribution is -0.128. The average molecular weight is 451 g/mol. The maximum Gasteiger partial charge on any atom is 0.261 e. The molecule has 2 atom stereocenters. The van der Waals surface area contributed by atoms with Gasteiger partial charge >= 0.3 is 0 Å². The number of benzene rings is 2. The average Bonchev–Trinajstić information content (AvgIpc) is 2.75. The molecular weight excluding hydrogens is 420 g/mol. The maximum absolute atomic E-state index is 12.6. The normalized spacial score (nSPS) is 13.1. The molecule has 8 nitrogen and oxygen atoms in total. The van der Waals surface area contributed by atoms with Crippen LogP contribution in [0.2, 0.25) is 0 Å². The first-order chi connectivity index (χ1) is 14.6. The number of nitrogens with one attached hydrogen (secondary N) is 1. The Morgan fingerprint density at radius 2 is 1.58 bits per heavy atom. The van der Waals surface area contributed by atoms with E-state index in [9.17, 15) is 13.2 Å². The Morgan fingerprint density at radius 3 is 2.10 bits per heavy atom. The first-order valence-electron chi connectivity index (χ1n) is 9.92. The van der Waals surface area contributed by atoms with Crippen LogP contribution in [0.1, 0.15) is 20.3 Å². The van der Waals surface area contributed by atoms with E-state index in [0.29, 0.717) is 30.2 Å². The summed E-state index contributed by atoms with van der Waals surface area (Å²) in [6.07, 6.45) is 0.930. The van der Waals surface area contributed by atoms with Crippen LogP contribution in [0.3, 0.4) is 0 Å². The zero-order valence-corrected chi connectivity index (χ0v) is 19.3. The number of hydrogen-bond acceptors (Lipinski definition) is 6. The molecule has 31 heavy (non-hydrogen) atoms. The van der Waals surface area contributed by atoms with Gasteiger partial charge in [0.1, 0.15) is 23.9 Å². The minimum absolute atomic E-state index is 0.224. The van der Waals surface area contributed by atoms with Gasteiger partial charge in [-0.25, -0.2) is 8.42 Å². The van der Waals surface area contributed by atoms with Crippen molar-refractivity contribution in [3.63, 3.8) is 0 Å². The van der Waals surface area contributed by atoms with Gasteiger partial charge in [0.05, 0.1) is 25.1 Å². The summed E-state index contributed by atoms with van der Waals surface area (Å²) < 4.78 is 41.0. The third-order valence-corrected chi connectivity index (χ3v) is 5.79. The molecular formula is C22H30N2O6S. The second-order valence-electron chi connectivity index (χ2n) is 7.14. The number of methoxy groups -OCH3 is 1. The van der Waals surface area contributed by atoms with Crippen molar-refractivity contribution in [2.75, 3.05) is 31.3 Å². The lowest BCUT2D eigenvalue weighted by Crippen LogP contribution is -2.44. The summed E-state index contributed by atoms with van der Waals surface area (Å²) in [6.45, 7) is 4.01. The summed E-state index contributed by atoms with van der Waals surface area (Å²) >= 11 is 0. The van der Waals surface area contributed by atoms with Crippen LogP contribution in [0.4, 0.5) is 5.69 Å². The zero-order chi connectivity index (χ0) is 23.0. The molecule has 9 heteroatoms. The Morgan fingerprint density at radius 1 is 1.03 bits per heavy atom. The largest absolute Gasteiger partial charge is 0.497 e. The van der Waals surface area contributed by atoms with Crippen LogP contribution in [-0.2, 0) is 14.8 Å². The SMILES string of the molecule is CCC(Oc1ccc(N(C)S(C)(=O)=O)cc1)C(=O)NC(C)COc1ccc(OC)cc1. The molecule has 2 unspecified atom stereocenters. The predicted octanol–water partition coefficient (Wildman–Crippen LogP) is 2.83. The number of hydrogen-bond donors (Lipinski definition) is 1. The van der Waals surface area contributed by atoms with E-state index >= 15 is 0 Å². The fourth-order valence-corrected chi connectivity index (χ4v) is 3.19. The van der Waals surface area contributed by atoms with Crippen molar-refractivity contribution in [1.29, 1.82) is 0 Å². The van der Waals surface area contributed by atoms with Crippen LogP contribution in [0.5, 0.6) is 17.2 Å². The Labute approximate surface area is 184 Å². The van der Waals surface area contributed by atoms with Gasteiger partial charge in [-0.1, -0.05) is 6.92 Å². The van der Waals surface area contributed by atoms with E-state index < -0.39 is 16.1 Å². The van der Waals surface area contributed by atoms with Gasteiger partial charge in [-0.15, -0.1) is 0 Å². The number of sulfonamides is 1. The first kappa shape index (κ1) is 24.3. The first-order valence-corrected chi connectivity index (χ1v) is 11.8. The molecule has 2 aromatic carbocycles. The van der Waals surface area contributed by atoms with E-state index in [4.69, 9.17) is 14.2 Å². The molecule has 0 bridgehead atoms. The number of amides is 1. The lowest BCUT2D eigenvalue weighted by Gasteiger charge is -2.21. The number of anilines is 1. The number of carbonyl (C=O) groups excluding carboxylic acids is 1. The molecule has 2 rings (SSSR count). The number of ether oxygens (including phenoxy) is 3. The quantitative estimate of drug-likeness (QED) is 0.566. The summed E-state index contributed by atoms with van der Waals surface area (Å²) in [5.41, 5.74) is 0.511. The molecule has 0 aliphatic carbocycles. The molecule has 1 amide bonds. The van der Waals surface area contributed by atoms with E-state index in [1.807, 2.05) is 13.8 Å². The van der Waals surface area contributed by atoms with Gasteiger partial charge in [-0.3, -0.25) is 9.10 Å². The van der Waals surface area contributed by atoms with E-state index in [0.717, 1.165) is 12.0 Å². The molecule has 170 valence electrons. The van der Waals surface area contributed by atoms with Crippen molar-refractivity contribution < 1.29 is 27.4 Å². The van der Waals surface area contributed by atoms with Gasteiger partial charge < -0.3 is 19.5 Å². The Hall–Kier alpha value is -2.94. The third kappa shape index (κ3) is 7.36. The predicted molar refractivity (Wildman–Crippen MR) is 120 cm³/mol. The molecule has 0 aliphatic heterocycles. The second-order valence-corrected chi connectivity index (χ2v) is 9.15. The van der Waals surface area contributed by atoms with Gasteiger partial charge in [0.15, 0.2) is 6.10 Å². The molecule has 0 radical (unpaired) electrons. The van der Waals surface area contributed by atoms with Crippen molar-refractivity contribution in [3.8, 4) is 17.2 Å². The smallest absolute Gasteiger partial charge is 0.261 e. The molecule has 0 saturated carbocycles. The van der Waals surface area contributed by atoms with Crippen molar-refractivity contribution in [1.82, 2.24) is 5.32 Å². The molecule has 0 heterocycles. The minimum atomic E-state index is -3.34. The Balaban J connectivity index is 1.89. The highest BCUT2D eigenvalue weighted by atomic mass is 32.2. The number of nitrogens with zero attached hydrogens (tertiary/aromatic N) is 1. The van der Waals surface area contributed by atoms with Crippen molar-refractivity contribution >= 4 is 21.6 Å². The maximum atomic E-state index is 12.6. The van der Waals surface area contributed by atoms with E-state index in [-0.39, 0.29) is 11.9 Å². The Bertz CT molecular complexity index is 945. The number of carbonyl (C=O) groups is 1. The molecule has 0 saturated heterocycles. The van der Waals surface area contributed by atoms with Crippen LogP contribution in [0.25, 0.3) is 0 Å². The van der Waals surface area contributed by atoms with Crippen molar-refractivity contribution in [2.45, 2.75) is 32.4 Å². The molecule has 2 aromatic rings. The van der Waals surface area contributed by atoms with Crippen LogP contribution < -0.4 is 23.8 Å². The minimum Gasteiger partial charge on any atom is -0.497 e. The lowest BCUT2D eigenvalue weighted by atomic mass is 10.2. The summed E-state index contributed by atoms with van der Waals surface area (Å²) in [4.78, 5) is 12.6. The molecule has 1 N–H and O–H groups in total. The highest BCUT2D eigenvalue weighted by molar-refractivity contribution is 7.92. The van der Waals surface area contributed by atoms with E-state index in [1.165, 1.54) is 11.4 Å². The van der Waals surface area contributed by atoms with Crippen LogP contribution in [0, 0.1) is 0 Å². The summed E-state index contributed by atoms with van der Waals surface area (Å²) in [7, 11) is -0.268. The molecule has 0 spiro atoms. The standard InChI is InChI=1S/C22H30N2O6S/c1-6-21(30-20-9-7-17(8-10-20)24(3)31(5,26)27)22(25)23-16(2)15-29-19-13-11-18(28-4)12-14-19/h7-14,16,21H,6,15H2,1-5H3,(H,23,25). The number of rotatable bonds is 11. The van der Waals surface area contributed by atoms with Crippen molar-refractivity contribution in [3.05, 3.63) is 48.5 Å². The summed E-state index contributed by atoms with van der Waals surface area (Å²) in [6, 6.07) is 13.5. The topological polar surface area (TPSA) is 94.2 Å². The van der Waals surface area contributed by atoms with Crippen molar-refractivity contribution in [2.24, 2.45) is 0 Å². The molecule has 0 fully saturated rings. The molecule has 0 aromatic heterocycles. The monoisotopic (exact) mass is 450 g/mol. The van der Waals surface area contributed by atoms with Crippen LogP contribution >= 0.6 is 0 Å². The fourth-order valence-electron chi connectivity index (χ4n) is 2.68. The summed E-state index contributed by atoms with van der Waals surface area (Å²) in [5, 5.41) is 2.89. The third-order valence-electron chi connectivity index (χ3n) is 4.59. The van der Waals surface area contributed by atoms with Gasteiger partial charge in [-0.05, 0) is 61.9 Å². The summed E-state index contributed by atoms with van der Waals surface area (Å²) in [5.74, 6) is 1.66. The highest BCUT2D eigenvalue weighted by Crippen LogP contribution is 2.22. The highest BCUT2D eigenvalue weighted by Gasteiger charge is 2.21. The fraction of sp³-hybridized carbons (Fsp3) is 0.409. The second kappa shape index (κ2) is 10.9. The van der Waals surface area contributed by atoms with Crippen LogP contribution in [-0.4, -0.2) is 53.5 Å². The van der Waals surface area contributed by atoms with Gasteiger partial charge in [0.25, 0.3) is 5.91 Å². The molecule has 0 aliphatic rings. The van der Waals surface area contributed by atoms with Gasteiger partial charge in [0.2, 0.25) is 10.0 Å². The van der Waals surface area contributed by atoms with Crippen LogP contribution in [0.15, 0.2) is 48.5 Å². The van der Waals surface area contributed by atoms with Gasteiger partial charge in [0, 0.05) is 7.05 Å².